The molecule has 0 aliphatic rings. The predicted octanol–water partition coefficient (Wildman–Crippen LogP) is 3.63. The molecule has 19 heavy (non-hydrogen) atoms. The highest BCUT2D eigenvalue weighted by molar-refractivity contribution is 6.30. The van der Waals surface area contributed by atoms with Gasteiger partial charge in [-0.05, 0) is 42.8 Å². The quantitative estimate of drug-likeness (QED) is 0.632. The number of para-hydroxylation sites is 1. The van der Waals surface area contributed by atoms with Crippen molar-refractivity contribution < 1.29 is 14.3 Å². The number of aryl methyl sites for hydroxylation is 1. The molecule has 0 heterocycles. The van der Waals surface area contributed by atoms with Crippen LogP contribution in [0.2, 0.25) is 5.02 Å². The number of hydrogen-bond donors (Lipinski definition) is 0. The molecular weight excluding hydrogens is 264 g/mol. The average molecular weight is 277 g/mol. The zero-order chi connectivity index (χ0) is 13.7. The minimum absolute atomic E-state index is 0.133. The summed E-state index contributed by atoms with van der Waals surface area (Å²) in [5.41, 5.74) is 0.806. The molecule has 0 saturated carbocycles. The molecule has 0 aliphatic carbocycles. The van der Waals surface area contributed by atoms with E-state index in [1.54, 1.807) is 30.3 Å². The fraction of sp³-hybridized carbons (Fsp3) is 0.133. The van der Waals surface area contributed by atoms with E-state index in [2.05, 4.69) is 0 Å². The summed E-state index contributed by atoms with van der Waals surface area (Å²) in [7, 11) is 0. The summed E-state index contributed by atoms with van der Waals surface area (Å²) in [6.07, 6.45) is 0. The van der Waals surface area contributed by atoms with Crippen LogP contribution >= 0.6 is 11.6 Å². The summed E-state index contributed by atoms with van der Waals surface area (Å²) in [6, 6.07) is 14.2. The van der Waals surface area contributed by atoms with Gasteiger partial charge in [-0.25, -0.2) is 4.79 Å². The Balaban J connectivity index is 1.91. The lowest BCUT2D eigenvalue weighted by Gasteiger charge is -2.08. The Morgan fingerprint density at radius 1 is 1.16 bits per heavy atom. The van der Waals surface area contributed by atoms with E-state index in [0.29, 0.717) is 16.5 Å². The first-order valence-electron chi connectivity index (χ1n) is 5.80. The molecule has 98 valence electrons. The van der Waals surface area contributed by atoms with E-state index in [1.165, 1.54) is 0 Å². The number of hydrogen-bond acceptors (Lipinski definition) is 3. The molecule has 4 heteroatoms. The molecule has 3 nitrogen and oxygen atoms in total. The molecule has 0 N–H and O–H groups in total. The van der Waals surface area contributed by atoms with Crippen molar-refractivity contribution >= 4 is 17.6 Å². The van der Waals surface area contributed by atoms with Crippen LogP contribution in [-0.4, -0.2) is 12.6 Å². The topological polar surface area (TPSA) is 35.5 Å². The van der Waals surface area contributed by atoms with Crippen LogP contribution in [0.4, 0.5) is 0 Å². The third kappa shape index (κ3) is 4.00. The minimum Gasteiger partial charge on any atom is -0.482 e. The maximum absolute atomic E-state index is 11.6. The third-order valence-corrected chi connectivity index (χ3v) is 2.70. The number of carbonyl (C=O) groups is 1. The number of benzene rings is 2. The van der Waals surface area contributed by atoms with Crippen molar-refractivity contribution in [2.24, 2.45) is 0 Å². The molecule has 2 rings (SSSR count). The van der Waals surface area contributed by atoms with Gasteiger partial charge in [-0.15, -0.1) is 0 Å². The fourth-order valence-electron chi connectivity index (χ4n) is 1.54. The van der Waals surface area contributed by atoms with Gasteiger partial charge >= 0.3 is 5.97 Å². The molecule has 2 aromatic rings. The first-order chi connectivity index (χ1) is 9.15. The molecule has 0 radical (unpaired) electrons. The molecule has 0 amide bonds. The minimum atomic E-state index is -0.450. The van der Waals surface area contributed by atoms with Crippen molar-refractivity contribution in [3.8, 4) is 11.5 Å². The van der Waals surface area contributed by atoms with Gasteiger partial charge in [0.15, 0.2) is 6.61 Å². The lowest BCUT2D eigenvalue weighted by Crippen LogP contribution is -2.18. The lowest BCUT2D eigenvalue weighted by molar-refractivity contribution is -0.136. The number of esters is 1. The van der Waals surface area contributed by atoms with Crippen molar-refractivity contribution in [3.05, 3.63) is 59.1 Å². The van der Waals surface area contributed by atoms with Crippen molar-refractivity contribution in [1.29, 1.82) is 0 Å². The van der Waals surface area contributed by atoms with Gasteiger partial charge in [0.25, 0.3) is 0 Å². The number of carbonyl (C=O) groups excluding carboxylic acids is 1. The Morgan fingerprint density at radius 2 is 1.89 bits per heavy atom. The fourth-order valence-corrected chi connectivity index (χ4v) is 1.77. The summed E-state index contributed by atoms with van der Waals surface area (Å²) in [5, 5.41) is 0.609. The van der Waals surface area contributed by atoms with Crippen LogP contribution in [0.1, 0.15) is 5.56 Å². The van der Waals surface area contributed by atoms with Crippen LogP contribution in [0.5, 0.6) is 11.5 Å². The van der Waals surface area contributed by atoms with E-state index in [0.717, 1.165) is 5.56 Å². The SMILES string of the molecule is Cc1cc(Cl)ccc1OC(=O)COc1ccccc1. The van der Waals surface area contributed by atoms with Crippen molar-refractivity contribution in [2.45, 2.75) is 6.92 Å². The number of rotatable bonds is 4. The monoisotopic (exact) mass is 276 g/mol. The summed E-state index contributed by atoms with van der Waals surface area (Å²) >= 11 is 5.83. The Morgan fingerprint density at radius 3 is 2.58 bits per heavy atom. The van der Waals surface area contributed by atoms with E-state index in [4.69, 9.17) is 21.1 Å². The predicted molar refractivity (Wildman–Crippen MR) is 73.8 cm³/mol. The van der Waals surface area contributed by atoms with Gasteiger partial charge in [-0.2, -0.15) is 0 Å². The maximum atomic E-state index is 11.6. The average Bonchev–Trinajstić information content (AvgIpc) is 2.41. The Hall–Kier alpha value is -2.00. The lowest BCUT2D eigenvalue weighted by atomic mass is 10.2. The van der Waals surface area contributed by atoms with E-state index in [9.17, 15) is 4.79 Å². The van der Waals surface area contributed by atoms with Gasteiger partial charge in [0.05, 0.1) is 0 Å². The molecular formula is C15H13ClO3. The normalized spacial score (nSPS) is 10.0. The van der Waals surface area contributed by atoms with E-state index in [1.807, 2.05) is 25.1 Å². The van der Waals surface area contributed by atoms with Crippen molar-refractivity contribution in [3.63, 3.8) is 0 Å². The van der Waals surface area contributed by atoms with Crippen molar-refractivity contribution in [2.75, 3.05) is 6.61 Å². The van der Waals surface area contributed by atoms with E-state index in [-0.39, 0.29) is 6.61 Å². The highest BCUT2D eigenvalue weighted by atomic mass is 35.5. The van der Waals surface area contributed by atoms with Crippen LogP contribution in [0.3, 0.4) is 0 Å². The first kappa shape index (κ1) is 13.4. The summed E-state index contributed by atoms with van der Waals surface area (Å²) < 4.78 is 10.5. The van der Waals surface area contributed by atoms with Crippen LogP contribution in [0.25, 0.3) is 0 Å². The molecule has 0 fully saturated rings. The largest absolute Gasteiger partial charge is 0.482 e. The highest BCUT2D eigenvalue weighted by Gasteiger charge is 2.08. The number of ether oxygens (including phenoxy) is 2. The van der Waals surface area contributed by atoms with Crippen LogP contribution in [0, 0.1) is 6.92 Å². The molecule has 0 saturated heterocycles. The van der Waals surface area contributed by atoms with Crippen LogP contribution in [0.15, 0.2) is 48.5 Å². The second kappa shape index (κ2) is 6.25. The van der Waals surface area contributed by atoms with Crippen LogP contribution < -0.4 is 9.47 Å². The third-order valence-electron chi connectivity index (χ3n) is 2.46. The molecule has 0 spiro atoms. The standard InChI is InChI=1S/C15H13ClO3/c1-11-9-12(16)7-8-14(11)19-15(17)10-18-13-5-3-2-4-6-13/h2-9H,10H2,1H3. The summed E-state index contributed by atoms with van der Waals surface area (Å²) in [4.78, 5) is 11.6. The maximum Gasteiger partial charge on any atom is 0.349 e. The Kier molecular flexibility index (Phi) is 4.42. The first-order valence-corrected chi connectivity index (χ1v) is 6.17. The second-order valence-corrected chi connectivity index (χ2v) is 4.42. The molecule has 0 atom stereocenters. The smallest absolute Gasteiger partial charge is 0.349 e. The van der Waals surface area contributed by atoms with Crippen molar-refractivity contribution in [1.82, 2.24) is 0 Å². The summed E-state index contributed by atoms with van der Waals surface area (Å²) in [5.74, 6) is 0.674. The Bertz CT molecular complexity index is 567. The Labute approximate surface area is 116 Å². The molecule has 2 aromatic carbocycles. The van der Waals surface area contributed by atoms with Gasteiger partial charge in [0.1, 0.15) is 11.5 Å². The van der Waals surface area contributed by atoms with Gasteiger partial charge in [0, 0.05) is 5.02 Å². The van der Waals surface area contributed by atoms with Crippen LogP contribution in [-0.2, 0) is 4.79 Å². The zero-order valence-electron chi connectivity index (χ0n) is 10.4. The zero-order valence-corrected chi connectivity index (χ0v) is 11.2. The van der Waals surface area contributed by atoms with E-state index < -0.39 is 5.97 Å². The van der Waals surface area contributed by atoms with Gasteiger partial charge < -0.3 is 9.47 Å². The second-order valence-electron chi connectivity index (χ2n) is 3.99. The van der Waals surface area contributed by atoms with Gasteiger partial charge in [0.2, 0.25) is 0 Å². The highest BCUT2D eigenvalue weighted by Crippen LogP contribution is 2.21. The molecule has 0 aliphatic heterocycles. The molecule has 0 unspecified atom stereocenters. The summed E-state index contributed by atoms with van der Waals surface area (Å²) in [6.45, 7) is 1.69. The molecule has 0 aromatic heterocycles. The van der Waals surface area contributed by atoms with Gasteiger partial charge in [-0.1, -0.05) is 29.8 Å². The van der Waals surface area contributed by atoms with Gasteiger partial charge in [-0.3, -0.25) is 0 Å². The molecule has 0 bridgehead atoms. The van der Waals surface area contributed by atoms with E-state index >= 15 is 0 Å². The number of halogens is 1.